The largest absolute Gasteiger partial charge is 0.393 e. The maximum absolute atomic E-state index is 12.4. The lowest BCUT2D eigenvalue weighted by molar-refractivity contribution is 0.0550. The zero-order valence-corrected chi connectivity index (χ0v) is 12.9. The molecule has 0 aliphatic carbocycles. The number of thiazole rings is 1. The molecule has 0 unspecified atom stereocenters. The molecule has 6 heteroatoms. The van der Waals surface area contributed by atoms with E-state index in [-0.39, 0.29) is 12.0 Å². The Morgan fingerprint density at radius 3 is 2.86 bits per heavy atom. The molecule has 0 radical (unpaired) electrons. The SMILES string of the molecule is O=C(c1cnc(-c2cccc(Cl)c2)s1)N1CCC(O)CC1. The number of likely N-dealkylation sites (tertiary alicyclic amines) is 1. The highest BCUT2D eigenvalue weighted by Crippen LogP contribution is 2.28. The van der Waals surface area contributed by atoms with Crippen LogP contribution in [0.25, 0.3) is 10.6 Å². The summed E-state index contributed by atoms with van der Waals surface area (Å²) in [6.45, 7) is 1.20. The fraction of sp³-hybridized carbons (Fsp3) is 0.333. The minimum Gasteiger partial charge on any atom is -0.393 e. The monoisotopic (exact) mass is 322 g/mol. The topological polar surface area (TPSA) is 53.4 Å². The number of rotatable bonds is 2. The summed E-state index contributed by atoms with van der Waals surface area (Å²) in [5, 5.41) is 10.9. The Kier molecular flexibility index (Phi) is 4.24. The summed E-state index contributed by atoms with van der Waals surface area (Å²) in [6, 6.07) is 7.44. The third kappa shape index (κ3) is 3.26. The molecule has 1 aromatic heterocycles. The highest BCUT2D eigenvalue weighted by molar-refractivity contribution is 7.16. The molecule has 0 spiro atoms. The molecule has 110 valence electrons. The van der Waals surface area contributed by atoms with Crippen molar-refractivity contribution in [3.8, 4) is 10.6 Å². The van der Waals surface area contributed by atoms with Crippen LogP contribution in [0.3, 0.4) is 0 Å². The smallest absolute Gasteiger partial charge is 0.265 e. The molecule has 1 fully saturated rings. The van der Waals surface area contributed by atoms with Crippen LogP contribution < -0.4 is 0 Å². The zero-order chi connectivity index (χ0) is 14.8. The van der Waals surface area contributed by atoms with Gasteiger partial charge in [-0.1, -0.05) is 23.7 Å². The van der Waals surface area contributed by atoms with Gasteiger partial charge in [-0.25, -0.2) is 4.98 Å². The molecule has 0 saturated carbocycles. The molecule has 1 aromatic carbocycles. The predicted molar refractivity (Wildman–Crippen MR) is 83.7 cm³/mol. The van der Waals surface area contributed by atoms with E-state index >= 15 is 0 Å². The van der Waals surface area contributed by atoms with Gasteiger partial charge in [0.05, 0.1) is 12.3 Å². The second-order valence-electron chi connectivity index (χ2n) is 5.06. The van der Waals surface area contributed by atoms with Crippen molar-refractivity contribution in [3.63, 3.8) is 0 Å². The highest BCUT2D eigenvalue weighted by Gasteiger charge is 2.23. The number of piperidine rings is 1. The van der Waals surface area contributed by atoms with Crippen LogP contribution >= 0.6 is 22.9 Å². The molecule has 21 heavy (non-hydrogen) atoms. The minimum absolute atomic E-state index is 0.00678. The van der Waals surface area contributed by atoms with E-state index in [9.17, 15) is 9.90 Å². The first kappa shape index (κ1) is 14.5. The van der Waals surface area contributed by atoms with Crippen molar-refractivity contribution in [2.75, 3.05) is 13.1 Å². The molecule has 2 aromatic rings. The van der Waals surface area contributed by atoms with Crippen LogP contribution in [0.15, 0.2) is 30.5 Å². The quantitative estimate of drug-likeness (QED) is 0.924. The lowest BCUT2D eigenvalue weighted by Gasteiger charge is -2.29. The molecule has 1 aliphatic rings. The van der Waals surface area contributed by atoms with Crippen molar-refractivity contribution in [2.24, 2.45) is 0 Å². The predicted octanol–water partition coefficient (Wildman–Crippen LogP) is 3.06. The van der Waals surface area contributed by atoms with Crippen molar-refractivity contribution in [3.05, 3.63) is 40.4 Å². The molecule has 4 nitrogen and oxygen atoms in total. The lowest BCUT2D eigenvalue weighted by Crippen LogP contribution is -2.39. The number of nitrogens with zero attached hydrogens (tertiary/aromatic N) is 2. The molecule has 1 aliphatic heterocycles. The van der Waals surface area contributed by atoms with Crippen LogP contribution in [0.4, 0.5) is 0 Å². The molecular weight excluding hydrogens is 308 g/mol. The Hall–Kier alpha value is -1.43. The maximum Gasteiger partial charge on any atom is 0.265 e. The average molecular weight is 323 g/mol. The first-order valence-electron chi connectivity index (χ1n) is 6.82. The molecule has 2 heterocycles. The number of aromatic nitrogens is 1. The molecule has 0 atom stereocenters. The Labute approximate surface area is 132 Å². The number of hydrogen-bond donors (Lipinski definition) is 1. The number of aliphatic hydroxyl groups is 1. The molecule has 3 rings (SSSR count). The summed E-state index contributed by atoms with van der Waals surface area (Å²) in [4.78, 5) is 19.1. The van der Waals surface area contributed by atoms with Gasteiger partial charge in [0, 0.05) is 23.7 Å². The summed E-state index contributed by atoms with van der Waals surface area (Å²) in [6.07, 6.45) is 2.63. The van der Waals surface area contributed by atoms with Gasteiger partial charge in [-0.05, 0) is 25.0 Å². The highest BCUT2D eigenvalue weighted by atomic mass is 35.5. The van der Waals surface area contributed by atoms with Crippen LogP contribution in [0.2, 0.25) is 5.02 Å². The second-order valence-corrected chi connectivity index (χ2v) is 6.53. The molecule has 0 bridgehead atoms. The molecule has 1 N–H and O–H groups in total. The van der Waals surface area contributed by atoms with Crippen LogP contribution in [0.5, 0.6) is 0 Å². The van der Waals surface area contributed by atoms with E-state index in [1.165, 1.54) is 11.3 Å². The standard InChI is InChI=1S/C15H15ClN2O2S/c16-11-3-1-2-10(8-11)14-17-9-13(21-14)15(20)18-6-4-12(19)5-7-18/h1-3,8-9,12,19H,4-7H2. The van der Waals surface area contributed by atoms with E-state index in [2.05, 4.69) is 4.98 Å². The minimum atomic E-state index is -0.280. The van der Waals surface area contributed by atoms with E-state index in [1.54, 1.807) is 11.1 Å². The molecule has 1 saturated heterocycles. The Morgan fingerprint density at radius 2 is 2.14 bits per heavy atom. The second kappa shape index (κ2) is 6.13. The number of hydrogen-bond acceptors (Lipinski definition) is 4. The maximum atomic E-state index is 12.4. The van der Waals surface area contributed by atoms with Crippen molar-refractivity contribution >= 4 is 28.8 Å². The van der Waals surface area contributed by atoms with Gasteiger partial charge in [0.25, 0.3) is 5.91 Å². The Balaban J connectivity index is 1.77. The van der Waals surface area contributed by atoms with Crippen molar-refractivity contribution in [1.82, 2.24) is 9.88 Å². The summed E-state index contributed by atoms with van der Waals surface area (Å²) in [5.74, 6) is -0.00678. The van der Waals surface area contributed by atoms with Crippen molar-refractivity contribution in [2.45, 2.75) is 18.9 Å². The molecule has 1 amide bonds. The number of amides is 1. The van der Waals surface area contributed by atoms with Gasteiger partial charge in [0.2, 0.25) is 0 Å². The molecular formula is C15H15ClN2O2S. The van der Waals surface area contributed by atoms with Crippen LogP contribution in [-0.2, 0) is 0 Å². The Bertz CT molecular complexity index is 651. The Morgan fingerprint density at radius 1 is 1.38 bits per heavy atom. The van der Waals surface area contributed by atoms with Gasteiger partial charge in [-0.2, -0.15) is 0 Å². The van der Waals surface area contributed by atoms with Crippen LogP contribution in [-0.4, -0.2) is 40.1 Å². The number of carbonyl (C=O) groups is 1. The zero-order valence-electron chi connectivity index (χ0n) is 11.3. The van der Waals surface area contributed by atoms with Crippen molar-refractivity contribution < 1.29 is 9.90 Å². The third-order valence-electron chi connectivity index (χ3n) is 3.54. The van der Waals surface area contributed by atoms with E-state index in [1.807, 2.05) is 24.3 Å². The summed E-state index contributed by atoms with van der Waals surface area (Å²) >= 11 is 7.35. The van der Waals surface area contributed by atoms with Gasteiger partial charge < -0.3 is 10.0 Å². The fourth-order valence-electron chi connectivity index (χ4n) is 2.35. The van der Waals surface area contributed by atoms with Crippen LogP contribution in [0.1, 0.15) is 22.5 Å². The lowest BCUT2D eigenvalue weighted by atomic mass is 10.1. The summed E-state index contributed by atoms with van der Waals surface area (Å²) < 4.78 is 0. The van der Waals surface area contributed by atoms with Gasteiger partial charge in [-0.15, -0.1) is 11.3 Å². The van der Waals surface area contributed by atoms with E-state index in [4.69, 9.17) is 11.6 Å². The van der Waals surface area contributed by atoms with E-state index < -0.39 is 0 Å². The number of halogens is 1. The van der Waals surface area contributed by atoms with E-state index in [0.29, 0.717) is 35.8 Å². The first-order valence-corrected chi connectivity index (χ1v) is 8.02. The fourth-order valence-corrected chi connectivity index (χ4v) is 3.42. The van der Waals surface area contributed by atoms with Gasteiger partial charge in [0.15, 0.2) is 0 Å². The van der Waals surface area contributed by atoms with Gasteiger partial charge in [0.1, 0.15) is 9.88 Å². The number of carbonyl (C=O) groups excluding carboxylic acids is 1. The van der Waals surface area contributed by atoms with Gasteiger partial charge >= 0.3 is 0 Å². The summed E-state index contributed by atoms with van der Waals surface area (Å²) in [5.41, 5.74) is 0.917. The van der Waals surface area contributed by atoms with Gasteiger partial charge in [-0.3, -0.25) is 4.79 Å². The summed E-state index contributed by atoms with van der Waals surface area (Å²) in [7, 11) is 0. The van der Waals surface area contributed by atoms with Crippen LogP contribution in [0, 0.1) is 0 Å². The first-order chi connectivity index (χ1) is 10.1. The number of benzene rings is 1. The average Bonchev–Trinajstić information content (AvgIpc) is 2.97. The number of aliphatic hydroxyl groups excluding tert-OH is 1. The van der Waals surface area contributed by atoms with Crippen molar-refractivity contribution in [1.29, 1.82) is 0 Å². The third-order valence-corrected chi connectivity index (χ3v) is 4.81. The normalized spacial score (nSPS) is 16.2. The van der Waals surface area contributed by atoms with E-state index in [0.717, 1.165) is 10.6 Å².